The first kappa shape index (κ1) is 25.8. The summed E-state index contributed by atoms with van der Waals surface area (Å²) in [7, 11) is 6.95. The molecule has 186 valence electrons. The van der Waals surface area contributed by atoms with Crippen LogP contribution >= 0.6 is 0 Å². The van der Waals surface area contributed by atoms with Crippen molar-refractivity contribution in [3.63, 3.8) is 0 Å². The van der Waals surface area contributed by atoms with E-state index in [2.05, 4.69) is 6.58 Å². The number of nitrogens with zero attached hydrogens (tertiary/aromatic N) is 2. The molecule has 1 atom stereocenters. The Bertz CT molecular complexity index is 1110. The minimum Gasteiger partial charge on any atom is -0.507 e. The molecule has 1 aliphatic rings. The summed E-state index contributed by atoms with van der Waals surface area (Å²) >= 11 is 0. The molecule has 3 rings (SSSR count). The lowest BCUT2D eigenvalue weighted by molar-refractivity contribution is -0.139. The molecule has 0 saturated carbocycles. The summed E-state index contributed by atoms with van der Waals surface area (Å²) in [6, 6.07) is 11.1. The van der Waals surface area contributed by atoms with Crippen LogP contribution in [0.4, 0.5) is 0 Å². The fourth-order valence-electron chi connectivity index (χ4n) is 4.06. The van der Waals surface area contributed by atoms with Crippen LogP contribution in [0.2, 0.25) is 0 Å². The molecule has 0 bridgehead atoms. The highest BCUT2D eigenvalue weighted by atomic mass is 16.5. The van der Waals surface area contributed by atoms with E-state index in [1.807, 2.05) is 19.0 Å². The summed E-state index contributed by atoms with van der Waals surface area (Å²) in [5.74, 6) is -0.0192. The number of hydrogen-bond acceptors (Lipinski definition) is 7. The summed E-state index contributed by atoms with van der Waals surface area (Å²) in [6.07, 6.45) is 2.30. The monoisotopic (exact) mass is 480 g/mol. The van der Waals surface area contributed by atoms with Crippen molar-refractivity contribution in [2.45, 2.75) is 12.5 Å². The minimum absolute atomic E-state index is 0.0341. The van der Waals surface area contributed by atoms with Gasteiger partial charge in [0.05, 0.1) is 25.8 Å². The van der Waals surface area contributed by atoms with Crippen molar-refractivity contribution in [1.82, 2.24) is 9.80 Å². The number of benzene rings is 2. The van der Waals surface area contributed by atoms with Crippen molar-refractivity contribution in [1.29, 1.82) is 0 Å². The first-order valence-electron chi connectivity index (χ1n) is 11.3. The van der Waals surface area contributed by atoms with Gasteiger partial charge in [0.25, 0.3) is 11.7 Å². The molecule has 0 aromatic heterocycles. The molecule has 2 aromatic carbocycles. The van der Waals surface area contributed by atoms with Gasteiger partial charge in [-0.1, -0.05) is 18.7 Å². The second-order valence-electron chi connectivity index (χ2n) is 8.39. The van der Waals surface area contributed by atoms with E-state index < -0.39 is 17.7 Å². The summed E-state index contributed by atoms with van der Waals surface area (Å²) < 4.78 is 16.3. The van der Waals surface area contributed by atoms with Gasteiger partial charge in [0.15, 0.2) is 11.5 Å². The van der Waals surface area contributed by atoms with Crippen molar-refractivity contribution in [3.8, 4) is 17.2 Å². The molecule has 1 saturated heterocycles. The maximum atomic E-state index is 13.2. The summed E-state index contributed by atoms with van der Waals surface area (Å²) in [5.41, 5.74) is 1.08. The van der Waals surface area contributed by atoms with Crippen LogP contribution in [0.1, 0.15) is 23.6 Å². The van der Waals surface area contributed by atoms with Crippen molar-refractivity contribution < 1.29 is 28.9 Å². The highest BCUT2D eigenvalue weighted by Crippen LogP contribution is 2.42. The maximum Gasteiger partial charge on any atom is 0.295 e. The first-order valence-corrected chi connectivity index (χ1v) is 11.3. The average Bonchev–Trinajstić information content (AvgIpc) is 3.11. The molecule has 0 aliphatic carbocycles. The van der Waals surface area contributed by atoms with E-state index in [1.165, 1.54) is 19.1 Å². The van der Waals surface area contributed by atoms with Gasteiger partial charge in [0.1, 0.15) is 18.1 Å². The Morgan fingerprint density at radius 2 is 1.77 bits per heavy atom. The third-order valence-electron chi connectivity index (χ3n) is 5.76. The van der Waals surface area contributed by atoms with Gasteiger partial charge >= 0.3 is 0 Å². The number of amides is 1. The van der Waals surface area contributed by atoms with Gasteiger partial charge in [-0.2, -0.15) is 0 Å². The highest BCUT2D eigenvalue weighted by Gasteiger charge is 2.46. The van der Waals surface area contributed by atoms with Crippen LogP contribution in [0.25, 0.3) is 5.76 Å². The summed E-state index contributed by atoms with van der Waals surface area (Å²) in [4.78, 5) is 29.8. The van der Waals surface area contributed by atoms with E-state index in [-0.39, 0.29) is 11.3 Å². The zero-order valence-corrected chi connectivity index (χ0v) is 20.6. The predicted octanol–water partition coefficient (Wildman–Crippen LogP) is 3.64. The van der Waals surface area contributed by atoms with Gasteiger partial charge in [-0.15, -0.1) is 0 Å². The maximum absolute atomic E-state index is 13.2. The fraction of sp³-hybridized carbons (Fsp3) is 0.333. The normalized spacial score (nSPS) is 17.1. The average molecular weight is 481 g/mol. The van der Waals surface area contributed by atoms with Crippen LogP contribution in [0, 0.1) is 0 Å². The Balaban J connectivity index is 2.08. The smallest absolute Gasteiger partial charge is 0.295 e. The molecular weight excluding hydrogens is 448 g/mol. The van der Waals surface area contributed by atoms with E-state index in [0.717, 1.165) is 6.54 Å². The summed E-state index contributed by atoms with van der Waals surface area (Å²) in [6.45, 7) is 5.07. The van der Waals surface area contributed by atoms with Crippen LogP contribution in [0.5, 0.6) is 17.2 Å². The molecule has 1 N–H and O–H groups in total. The number of hydrogen-bond donors (Lipinski definition) is 1. The Morgan fingerprint density at radius 3 is 2.37 bits per heavy atom. The third-order valence-corrected chi connectivity index (χ3v) is 5.76. The van der Waals surface area contributed by atoms with Crippen molar-refractivity contribution in [3.05, 3.63) is 71.8 Å². The molecule has 1 fully saturated rings. The van der Waals surface area contributed by atoms with Gasteiger partial charge in [0.2, 0.25) is 0 Å². The molecule has 1 aliphatic heterocycles. The van der Waals surface area contributed by atoms with E-state index >= 15 is 0 Å². The van der Waals surface area contributed by atoms with E-state index in [0.29, 0.717) is 47.9 Å². The zero-order chi connectivity index (χ0) is 25.5. The number of rotatable bonds is 11. The number of Topliss-reactive ketones (excluding diaryl/α,β-unsaturated/α-hetero) is 1. The molecule has 1 amide bonds. The molecule has 0 radical (unpaired) electrons. The topological polar surface area (TPSA) is 88.5 Å². The Hall–Kier alpha value is -3.78. The summed E-state index contributed by atoms with van der Waals surface area (Å²) in [5, 5.41) is 11.2. The van der Waals surface area contributed by atoms with Crippen LogP contribution in [0.3, 0.4) is 0 Å². The highest BCUT2D eigenvalue weighted by molar-refractivity contribution is 6.46. The Kier molecular flexibility index (Phi) is 8.54. The van der Waals surface area contributed by atoms with E-state index in [1.54, 1.807) is 48.5 Å². The second-order valence-corrected chi connectivity index (χ2v) is 8.39. The molecule has 8 heteroatoms. The Labute approximate surface area is 206 Å². The molecule has 1 heterocycles. The molecule has 0 unspecified atom stereocenters. The third kappa shape index (κ3) is 5.66. The van der Waals surface area contributed by atoms with Gasteiger partial charge < -0.3 is 29.1 Å². The molecule has 8 nitrogen and oxygen atoms in total. The van der Waals surface area contributed by atoms with Crippen molar-refractivity contribution in [2.24, 2.45) is 0 Å². The van der Waals surface area contributed by atoms with Crippen LogP contribution in [-0.2, 0) is 9.59 Å². The van der Waals surface area contributed by atoms with Crippen molar-refractivity contribution in [2.75, 3.05) is 48.0 Å². The zero-order valence-electron chi connectivity index (χ0n) is 20.6. The van der Waals surface area contributed by atoms with Crippen LogP contribution < -0.4 is 14.2 Å². The molecule has 0 spiro atoms. The number of ketones is 1. The van der Waals surface area contributed by atoms with Gasteiger partial charge in [0, 0.05) is 12.1 Å². The lowest BCUT2D eigenvalue weighted by Gasteiger charge is -2.26. The van der Waals surface area contributed by atoms with Gasteiger partial charge in [-0.05, 0) is 69.0 Å². The van der Waals surface area contributed by atoms with E-state index in [4.69, 9.17) is 14.2 Å². The van der Waals surface area contributed by atoms with Crippen LogP contribution in [0.15, 0.2) is 60.7 Å². The van der Waals surface area contributed by atoms with Crippen molar-refractivity contribution >= 4 is 17.4 Å². The first-order chi connectivity index (χ1) is 16.8. The lowest BCUT2D eigenvalue weighted by atomic mass is 9.95. The van der Waals surface area contributed by atoms with E-state index in [9.17, 15) is 14.7 Å². The molecular formula is C27H32N2O6. The Morgan fingerprint density at radius 1 is 1.09 bits per heavy atom. The number of methoxy groups -OCH3 is 2. The standard InChI is InChI=1S/C27H32N2O6/c1-6-16-35-20-11-8-18(9-12-20)25(30)23-24(19-10-13-21(33-4)22(17-19)34-5)29(27(32)26(23)31)15-7-14-28(2)3/h6,8-13,17,24,30H,1,7,14-16H2,2-5H3/b25-23+/t24-/m0/s1. The number of carbonyl (C=O) groups excluding carboxylic acids is 2. The second kappa shape index (κ2) is 11.6. The van der Waals surface area contributed by atoms with Gasteiger partial charge in [-0.25, -0.2) is 0 Å². The largest absolute Gasteiger partial charge is 0.507 e. The molecule has 2 aromatic rings. The number of likely N-dealkylation sites (tertiary alicyclic amines) is 1. The number of carbonyl (C=O) groups is 2. The number of ether oxygens (including phenoxy) is 3. The van der Waals surface area contributed by atoms with Crippen LogP contribution in [-0.4, -0.2) is 74.6 Å². The SMILES string of the molecule is C=CCOc1ccc(/C(O)=C2\C(=O)C(=O)N(CCCN(C)C)[C@H]2c2ccc(OC)c(OC)c2)cc1. The number of aliphatic hydroxyl groups is 1. The number of aliphatic hydroxyl groups excluding tert-OH is 1. The van der Waals surface area contributed by atoms with Gasteiger partial charge in [-0.3, -0.25) is 9.59 Å². The fourth-order valence-corrected chi connectivity index (χ4v) is 4.06. The quantitative estimate of drug-likeness (QED) is 0.227. The lowest BCUT2D eigenvalue weighted by Crippen LogP contribution is -2.32. The predicted molar refractivity (Wildman–Crippen MR) is 134 cm³/mol. The molecule has 35 heavy (non-hydrogen) atoms. The minimum atomic E-state index is -0.770.